The molecule has 0 saturated carbocycles. The molecule has 9 nitrogen and oxygen atoms in total. The molecule has 0 spiro atoms. The van der Waals surface area contributed by atoms with Crippen LogP contribution in [0.5, 0.6) is 17.2 Å². The van der Waals surface area contributed by atoms with Gasteiger partial charge in [-0.15, -0.1) is 11.3 Å². The Morgan fingerprint density at radius 2 is 1.77 bits per heavy atom. The van der Waals surface area contributed by atoms with Gasteiger partial charge < -0.3 is 19.5 Å². The molecule has 2 heterocycles. The lowest BCUT2D eigenvalue weighted by Crippen LogP contribution is -2.49. The molecule has 1 aliphatic heterocycles. The van der Waals surface area contributed by atoms with Crippen LogP contribution in [0.15, 0.2) is 94.5 Å². The number of nitrogens with zero attached hydrogens (tertiary/aromatic N) is 2. The first-order valence-corrected chi connectivity index (χ1v) is 16.8. The van der Waals surface area contributed by atoms with E-state index in [-0.39, 0.29) is 39.6 Å². The van der Waals surface area contributed by atoms with Crippen molar-refractivity contribution in [3.8, 4) is 17.2 Å². The largest absolute Gasteiger partial charge is 0.486 e. The Bertz CT molecular complexity index is 1650. The maximum atomic E-state index is 13.7. The molecule has 1 aromatic heterocycles. The van der Waals surface area contributed by atoms with E-state index >= 15 is 0 Å². The third-order valence-corrected chi connectivity index (χ3v) is 10.3. The highest BCUT2D eigenvalue weighted by Crippen LogP contribution is 2.36. The Hall–Kier alpha value is -3.90. The minimum absolute atomic E-state index is 0.132. The molecule has 0 radical (unpaired) electrons. The summed E-state index contributed by atoms with van der Waals surface area (Å²) in [5, 5.41) is 11.6. The predicted molar refractivity (Wildman–Crippen MR) is 172 cm³/mol. The summed E-state index contributed by atoms with van der Waals surface area (Å²) in [6, 6.07) is 25.2. The van der Waals surface area contributed by atoms with E-state index in [0.717, 1.165) is 28.4 Å². The number of rotatable bonds is 11. The monoisotopic (exact) mass is 635 g/mol. The molecule has 232 valence electrons. The second kappa shape index (κ2) is 13.8. The van der Waals surface area contributed by atoms with Crippen LogP contribution in [0.1, 0.15) is 29.8 Å². The van der Waals surface area contributed by atoms with Crippen LogP contribution in [0.25, 0.3) is 0 Å². The normalized spacial score (nSPS) is 17.8. The maximum Gasteiger partial charge on any atom is 0.271 e. The number of ether oxygens (including phenoxy) is 2. The summed E-state index contributed by atoms with van der Waals surface area (Å²) in [7, 11) is -1.90. The molecule has 0 aliphatic carbocycles. The summed E-state index contributed by atoms with van der Waals surface area (Å²) in [5.41, 5.74) is 1.52. The quantitative estimate of drug-likeness (QED) is 0.218. The zero-order chi connectivity index (χ0) is 31.3. The first-order valence-electron chi connectivity index (χ1n) is 14.4. The van der Waals surface area contributed by atoms with Crippen LogP contribution in [0.4, 0.5) is 5.69 Å². The Morgan fingerprint density at radius 1 is 1.05 bits per heavy atom. The highest BCUT2D eigenvalue weighted by Gasteiger charge is 2.35. The van der Waals surface area contributed by atoms with Crippen molar-refractivity contribution in [1.82, 2.24) is 9.80 Å². The zero-order valence-electron chi connectivity index (χ0n) is 24.9. The molecule has 3 aromatic carbocycles. The molecule has 5 rings (SSSR count). The fraction of sp³-hybridized carbons (Fsp3) is 0.303. The van der Waals surface area contributed by atoms with Gasteiger partial charge in [0, 0.05) is 25.6 Å². The molecule has 0 unspecified atom stereocenters. The van der Waals surface area contributed by atoms with E-state index in [1.54, 1.807) is 41.5 Å². The average Bonchev–Trinajstić information content (AvgIpc) is 3.57. The predicted octanol–water partition coefficient (Wildman–Crippen LogP) is 5.69. The molecule has 11 heteroatoms. The van der Waals surface area contributed by atoms with Gasteiger partial charge in [-0.2, -0.15) is 0 Å². The molecule has 3 atom stereocenters. The van der Waals surface area contributed by atoms with E-state index in [9.17, 15) is 18.3 Å². The van der Waals surface area contributed by atoms with Gasteiger partial charge in [0.2, 0.25) is 0 Å². The Balaban J connectivity index is 1.38. The van der Waals surface area contributed by atoms with Crippen LogP contribution in [-0.2, 0) is 16.6 Å². The molecule has 4 aromatic rings. The number of anilines is 1. The first-order chi connectivity index (χ1) is 21.1. The van der Waals surface area contributed by atoms with Gasteiger partial charge >= 0.3 is 0 Å². The number of nitrogens with one attached hydrogen (secondary N) is 1. The smallest absolute Gasteiger partial charge is 0.271 e. The summed E-state index contributed by atoms with van der Waals surface area (Å²) >= 11 is 1.10. The molecule has 44 heavy (non-hydrogen) atoms. The summed E-state index contributed by atoms with van der Waals surface area (Å²) in [5.74, 6) is 1.24. The first kappa shape index (κ1) is 31.5. The van der Waals surface area contributed by atoms with Crippen molar-refractivity contribution in [3.05, 3.63) is 101 Å². The number of thiophene rings is 1. The molecule has 0 bridgehead atoms. The van der Waals surface area contributed by atoms with Gasteiger partial charge in [-0.25, -0.2) is 8.42 Å². The number of hydrogen-bond acceptors (Lipinski definition) is 8. The van der Waals surface area contributed by atoms with Gasteiger partial charge in [0.25, 0.3) is 15.9 Å². The van der Waals surface area contributed by atoms with Crippen molar-refractivity contribution >= 4 is 33.0 Å². The number of amides is 1. The third kappa shape index (κ3) is 7.41. The lowest BCUT2D eigenvalue weighted by Gasteiger charge is -2.38. The lowest BCUT2D eigenvalue weighted by molar-refractivity contribution is 0.0344. The Kier molecular flexibility index (Phi) is 9.90. The summed E-state index contributed by atoms with van der Waals surface area (Å²) in [6.07, 6.45) is -0.395. The van der Waals surface area contributed by atoms with E-state index in [1.807, 2.05) is 68.6 Å². The van der Waals surface area contributed by atoms with Gasteiger partial charge in [0.1, 0.15) is 21.8 Å². The number of hydrogen-bond donors (Lipinski definition) is 2. The highest BCUT2D eigenvalue weighted by molar-refractivity contribution is 7.94. The molecule has 0 saturated heterocycles. The Labute approximate surface area is 262 Å². The topological polar surface area (TPSA) is 108 Å². The van der Waals surface area contributed by atoms with E-state index in [2.05, 4.69) is 9.62 Å². The van der Waals surface area contributed by atoms with Gasteiger partial charge in [-0.3, -0.25) is 14.4 Å². The fourth-order valence-electron chi connectivity index (χ4n) is 5.12. The standard InChI is InChI=1S/C33H37N3O6S2/c1-23-19-36(24(2)22-37)33(38)28-11-7-12-29(34-44(39,40)31-13-8-18-43-31)32(28)42-30(23)21-35(3)20-25-14-16-27(17-15-25)41-26-9-5-4-6-10-26/h4-18,23-24,30,34,37H,19-22H2,1-3H3/t23-,24+,30+/m1/s1. The van der Waals surface area contributed by atoms with Crippen LogP contribution in [-0.4, -0.2) is 68.1 Å². The molecule has 2 N–H and O–H groups in total. The minimum atomic E-state index is -3.89. The minimum Gasteiger partial charge on any atom is -0.486 e. The number of carbonyl (C=O) groups is 1. The van der Waals surface area contributed by atoms with Crippen LogP contribution in [0.2, 0.25) is 0 Å². The third-order valence-electron chi connectivity index (χ3n) is 7.54. The van der Waals surface area contributed by atoms with Gasteiger partial charge in [0.05, 0.1) is 23.9 Å². The average molecular weight is 636 g/mol. The number of para-hydroxylation sites is 2. The highest BCUT2D eigenvalue weighted by atomic mass is 32.2. The van der Waals surface area contributed by atoms with Crippen molar-refractivity contribution in [2.24, 2.45) is 5.92 Å². The lowest BCUT2D eigenvalue weighted by atomic mass is 9.99. The molecule has 1 aliphatic rings. The SMILES string of the molecule is C[C@@H]1CN([C@@H](C)CO)C(=O)c2cccc(NS(=O)(=O)c3cccs3)c2O[C@H]1CN(C)Cc1ccc(Oc2ccccc2)cc1. The maximum absolute atomic E-state index is 13.7. The van der Waals surface area contributed by atoms with Crippen molar-refractivity contribution in [2.45, 2.75) is 36.7 Å². The number of sulfonamides is 1. The van der Waals surface area contributed by atoms with Gasteiger partial charge in [0.15, 0.2) is 5.75 Å². The van der Waals surface area contributed by atoms with Crippen molar-refractivity contribution in [2.75, 3.05) is 31.5 Å². The Morgan fingerprint density at radius 3 is 2.45 bits per heavy atom. The molecule has 1 amide bonds. The number of aliphatic hydroxyl groups excluding tert-OH is 1. The zero-order valence-corrected chi connectivity index (χ0v) is 26.6. The summed E-state index contributed by atoms with van der Waals surface area (Å²) in [4.78, 5) is 17.5. The molecule has 0 fully saturated rings. The van der Waals surface area contributed by atoms with E-state index < -0.39 is 22.2 Å². The summed E-state index contributed by atoms with van der Waals surface area (Å²) < 4.78 is 41.6. The molecular formula is C33H37N3O6S2. The number of likely N-dealkylation sites (N-methyl/N-ethyl adjacent to an activating group) is 1. The number of carbonyl (C=O) groups excluding carboxylic acids is 1. The fourth-order valence-corrected chi connectivity index (χ4v) is 7.18. The second-order valence-electron chi connectivity index (χ2n) is 11.1. The van der Waals surface area contributed by atoms with Gasteiger partial charge in [-0.1, -0.05) is 49.4 Å². The van der Waals surface area contributed by atoms with E-state index in [1.165, 1.54) is 6.07 Å². The van der Waals surface area contributed by atoms with Crippen LogP contribution >= 0.6 is 11.3 Å². The van der Waals surface area contributed by atoms with Crippen LogP contribution in [0, 0.1) is 5.92 Å². The second-order valence-corrected chi connectivity index (χ2v) is 14.0. The van der Waals surface area contributed by atoms with E-state index in [0.29, 0.717) is 19.6 Å². The summed E-state index contributed by atoms with van der Waals surface area (Å²) in [6.45, 7) is 5.10. The molecular weight excluding hydrogens is 599 g/mol. The van der Waals surface area contributed by atoms with Crippen molar-refractivity contribution in [3.63, 3.8) is 0 Å². The van der Waals surface area contributed by atoms with Crippen LogP contribution in [0.3, 0.4) is 0 Å². The van der Waals surface area contributed by atoms with Crippen LogP contribution < -0.4 is 14.2 Å². The van der Waals surface area contributed by atoms with E-state index in [4.69, 9.17) is 9.47 Å². The van der Waals surface area contributed by atoms with Crippen molar-refractivity contribution in [1.29, 1.82) is 0 Å². The number of benzene rings is 3. The number of aliphatic hydroxyl groups is 1. The number of fused-ring (bicyclic) bond motifs is 1. The van der Waals surface area contributed by atoms with Gasteiger partial charge in [-0.05, 0) is 67.4 Å². The van der Waals surface area contributed by atoms with Crippen molar-refractivity contribution < 1.29 is 27.8 Å².